The highest BCUT2D eigenvalue weighted by atomic mass is 16.1. The lowest BCUT2D eigenvalue weighted by Gasteiger charge is -2.14. The Morgan fingerprint density at radius 2 is 1.74 bits per heavy atom. The van der Waals surface area contributed by atoms with Crippen LogP contribution in [0.25, 0.3) is 16.7 Å². The Labute approximate surface area is 161 Å². The average molecular weight is 355 g/mol. The van der Waals surface area contributed by atoms with E-state index in [4.69, 9.17) is 5.73 Å². The van der Waals surface area contributed by atoms with Gasteiger partial charge in [-0.2, -0.15) is 0 Å². The van der Waals surface area contributed by atoms with E-state index in [9.17, 15) is 4.79 Å². The summed E-state index contributed by atoms with van der Waals surface area (Å²) in [7, 11) is 0. The number of hydrogen-bond donors (Lipinski definition) is 1. The zero-order chi connectivity index (χ0) is 19.5. The van der Waals surface area contributed by atoms with E-state index in [2.05, 4.69) is 25.3 Å². The normalized spacial score (nSPS) is 11.8. The van der Waals surface area contributed by atoms with Gasteiger partial charge in [-0.25, -0.2) is 0 Å². The van der Waals surface area contributed by atoms with E-state index in [1.165, 1.54) is 0 Å². The van der Waals surface area contributed by atoms with Crippen molar-refractivity contribution in [2.75, 3.05) is 0 Å². The predicted molar refractivity (Wildman–Crippen MR) is 116 cm³/mol. The van der Waals surface area contributed by atoms with Gasteiger partial charge in [0.25, 0.3) is 0 Å². The van der Waals surface area contributed by atoms with Gasteiger partial charge in [-0.1, -0.05) is 78.9 Å². The van der Waals surface area contributed by atoms with Crippen molar-refractivity contribution in [3.63, 3.8) is 0 Å². The molecule has 2 aromatic carbocycles. The Hall–Kier alpha value is -3.39. The van der Waals surface area contributed by atoms with Crippen molar-refractivity contribution in [3.05, 3.63) is 115 Å². The first-order chi connectivity index (χ1) is 13.2. The summed E-state index contributed by atoms with van der Waals surface area (Å²) < 4.78 is 0. The van der Waals surface area contributed by atoms with Crippen LogP contribution in [0.3, 0.4) is 0 Å². The molecule has 0 saturated carbocycles. The topological polar surface area (TPSA) is 43.1 Å². The smallest absolute Gasteiger partial charge is 0.248 e. The van der Waals surface area contributed by atoms with Crippen LogP contribution >= 0.6 is 0 Å². The summed E-state index contributed by atoms with van der Waals surface area (Å²) in [5.41, 5.74) is 10.2. The Morgan fingerprint density at radius 3 is 2.41 bits per heavy atom. The van der Waals surface area contributed by atoms with E-state index in [0.717, 1.165) is 28.7 Å². The number of nitrogens with two attached hydrogens (primary N) is 1. The van der Waals surface area contributed by atoms with Gasteiger partial charge in [0.2, 0.25) is 5.91 Å². The maximum atomic E-state index is 11.7. The number of primary amides is 1. The molecule has 0 unspecified atom stereocenters. The van der Waals surface area contributed by atoms with E-state index in [1.54, 1.807) is 6.07 Å². The van der Waals surface area contributed by atoms with Gasteiger partial charge in [-0.15, -0.1) is 13.2 Å². The molecule has 2 N–H and O–H groups in total. The van der Waals surface area contributed by atoms with Crippen molar-refractivity contribution in [3.8, 4) is 11.1 Å². The Bertz CT molecular complexity index is 886. The SMILES string of the molecule is C=CCC=CC=CC=C(CC=C)c1cc(C(N)=O)ccc1-c1ccccc1. The molecule has 1 amide bonds. The van der Waals surface area contributed by atoms with Crippen molar-refractivity contribution in [1.82, 2.24) is 0 Å². The van der Waals surface area contributed by atoms with Crippen molar-refractivity contribution >= 4 is 11.5 Å². The third kappa shape index (κ3) is 5.82. The summed E-state index contributed by atoms with van der Waals surface area (Å²) in [5.74, 6) is -0.434. The van der Waals surface area contributed by atoms with Gasteiger partial charge in [-0.3, -0.25) is 4.79 Å². The van der Waals surface area contributed by atoms with Crippen LogP contribution in [0.1, 0.15) is 28.8 Å². The van der Waals surface area contributed by atoms with Crippen LogP contribution in [-0.2, 0) is 0 Å². The largest absolute Gasteiger partial charge is 0.366 e. The molecule has 0 heterocycles. The summed E-state index contributed by atoms with van der Waals surface area (Å²) in [6, 6.07) is 15.7. The zero-order valence-electron chi connectivity index (χ0n) is 15.5. The second-order valence-corrected chi connectivity index (χ2v) is 6.01. The van der Waals surface area contributed by atoms with Crippen LogP contribution in [0, 0.1) is 0 Å². The lowest BCUT2D eigenvalue weighted by atomic mass is 9.91. The minimum absolute atomic E-state index is 0.434. The van der Waals surface area contributed by atoms with Crippen LogP contribution in [0.2, 0.25) is 0 Å². The molecule has 0 fully saturated rings. The predicted octanol–water partition coefficient (Wildman–Crippen LogP) is 6.10. The van der Waals surface area contributed by atoms with Crippen molar-refractivity contribution in [2.45, 2.75) is 12.8 Å². The molecule has 27 heavy (non-hydrogen) atoms. The molecule has 2 nitrogen and oxygen atoms in total. The fourth-order valence-corrected chi connectivity index (χ4v) is 2.75. The molecule has 2 heteroatoms. The van der Waals surface area contributed by atoms with E-state index < -0.39 is 5.91 Å². The Kier molecular flexibility index (Phi) is 7.80. The molecule has 0 aliphatic heterocycles. The van der Waals surface area contributed by atoms with Crippen LogP contribution in [0.15, 0.2) is 104 Å². The third-order valence-electron chi connectivity index (χ3n) is 4.06. The molecule has 0 aliphatic carbocycles. The first-order valence-electron chi connectivity index (χ1n) is 8.91. The standard InChI is InChI=1S/C25H25NO/c1-3-5-6-7-8-10-14-20(13-4-2)24-19-22(25(26)27)17-18-23(24)21-15-11-9-12-16-21/h3-4,6-12,14-19H,1-2,5,13H2,(H2,26,27). The highest BCUT2D eigenvalue weighted by Gasteiger charge is 2.12. The molecule has 0 saturated heterocycles. The summed E-state index contributed by atoms with van der Waals surface area (Å²) >= 11 is 0. The summed E-state index contributed by atoms with van der Waals surface area (Å²) in [6.45, 7) is 7.57. The molecule has 0 radical (unpaired) electrons. The molecular formula is C25H25NO. The van der Waals surface area contributed by atoms with E-state index in [0.29, 0.717) is 12.0 Å². The number of rotatable bonds is 9. The van der Waals surface area contributed by atoms with Gasteiger partial charge >= 0.3 is 0 Å². The lowest BCUT2D eigenvalue weighted by Crippen LogP contribution is -2.11. The molecule has 0 atom stereocenters. The lowest BCUT2D eigenvalue weighted by molar-refractivity contribution is 0.100. The van der Waals surface area contributed by atoms with Gasteiger partial charge in [0.1, 0.15) is 0 Å². The number of allylic oxidation sites excluding steroid dienone is 8. The van der Waals surface area contributed by atoms with Crippen LogP contribution in [0.5, 0.6) is 0 Å². The van der Waals surface area contributed by atoms with Gasteiger partial charge in [-0.05, 0) is 47.2 Å². The second kappa shape index (κ2) is 10.6. The summed E-state index contributed by atoms with van der Waals surface area (Å²) in [5, 5.41) is 0. The van der Waals surface area contributed by atoms with Crippen molar-refractivity contribution in [2.24, 2.45) is 5.73 Å². The average Bonchev–Trinajstić information content (AvgIpc) is 2.70. The fourth-order valence-electron chi connectivity index (χ4n) is 2.75. The molecule has 0 bridgehead atoms. The van der Waals surface area contributed by atoms with E-state index in [1.807, 2.05) is 72.9 Å². The summed E-state index contributed by atoms with van der Waals surface area (Å²) in [4.78, 5) is 11.7. The number of amides is 1. The van der Waals surface area contributed by atoms with Gasteiger partial charge < -0.3 is 5.73 Å². The second-order valence-electron chi connectivity index (χ2n) is 6.01. The van der Waals surface area contributed by atoms with Gasteiger partial charge in [0, 0.05) is 5.56 Å². The van der Waals surface area contributed by atoms with Gasteiger partial charge in [0.15, 0.2) is 0 Å². The quantitative estimate of drug-likeness (QED) is 0.428. The molecule has 0 aliphatic rings. The molecule has 2 rings (SSSR count). The molecule has 136 valence electrons. The number of hydrogen-bond acceptors (Lipinski definition) is 1. The monoisotopic (exact) mass is 355 g/mol. The molecule has 0 spiro atoms. The van der Waals surface area contributed by atoms with Crippen LogP contribution < -0.4 is 5.73 Å². The Morgan fingerprint density at radius 1 is 0.963 bits per heavy atom. The molecule has 2 aromatic rings. The first-order valence-corrected chi connectivity index (χ1v) is 8.91. The van der Waals surface area contributed by atoms with E-state index >= 15 is 0 Å². The summed E-state index contributed by atoms with van der Waals surface area (Å²) in [6.07, 6.45) is 15.3. The fraction of sp³-hybridized carbons (Fsp3) is 0.0800. The van der Waals surface area contributed by atoms with Gasteiger partial charge in [0.05, 0.1) is 0 Å². The maximum Gasteiger partial charge on any atom is 0.248 e. The molecular weight excluding hydrogens is 330 g/mol. The van der Waals surface area contributed by atoms with Crippen molar-refractivity contribution < 1.29 is 4.79 Å². The van der Waals surface area contributed by atoms with E-state index in [-0.39, 0.29) is 0 Å². The molecule has 0 aromatic heterocycles. The number of carbonyl (C=O) groups is 1. The first kappa shape index (κ1) is 19.9. The maximum absolute atomic E-state index is 11.7. The Balaban J connectivity index is 2.51. The van der Waals surface area contributed by atoms with Crippen molar-refractivity contribution in [1.29, 1.82) is 0 Å². The van der Waals surface area contributed by atoms with Crippen LogP contribution in [-0.4, -0.2) is 5.91 Å². The number of carbonyl (C=O) groups excluding carboxylic acids is 1. The number of benzene rings is 2. The third-order valence-corrected chi connectivity index (χ3v) is 4.06. The minimum atomic E-state index is -0.434. The highest BCUT2D eigenvalue weighted by molar-refractivity contribution is 5.95. The highest BCUT2D eigenvalue weighted by Crippen LogP contribution is 2.32. The zero-order valence-corrected chi connectivity index (χ0v) is 15.5. The minimum Gasteiger partial charge on any atom is -0.366 e. The van der Waals surface area contributed by atoms with Crippen LogP contribution in [0.4, 0.5) is 0 Å².